The number of aromatic nitrogens is 2. The average Bonchev–Trinajstić information content (AvgIpc) is 2.52. The summed E-state index contributed by atoms with van der Waals surface area (Å²) in [6.07, 6.45) is 1.45. The number of allylic oxidation sites excluding steroid dienone is 1. The van der Waals surface area contributed by atoms with E-state index in [9.17, 15) is 4.79 Å². The zero-order chi connectivity index (χ0) is 9.84. The second-order valence-electron chi connectivity index (χ2n) is 2.63. The van der Waals surface area contributed by atoms with Gasteiger partial charge in [-0.05, 0) is 18.6 Å². The number of halogens is 1. The van der Waals surface area contributed by atoms with Gasteiger partial charge in [-0.1, -0.05) is 11.6 Å². The summed E-state index contributed by atoms with van der Waals surface area (Å²) in [5.41, 5.74) is 2.43. The molecule has 0 radical (unpaired) electrons. The first-order valence-corrected chi connectivity index (χ1v) is 4.09. The van der Waals surface area contributed by atoms with Crippen LogP contribution in [0.5, 0.6) is 0 Å². The third-order valence-corrected chi connectivity index (χ3v) is 1.89. The Hall–Kier alpha value is -1.29. The second kappa shape index (κ2) is 4.09. The minimum Gasteiger partial charge on any atom is -0.477 e. The van der Waals surface area contributed by atoms with E-state index >= 15 is 0 Å². The molecule has 0 aliphatic carbocycles. The predicted molar refractivity (Wildman–Crippen MR) is 48.8 cm³/mol. The highest BCUT2D eigenvalue weighted by Crippen LogP contribution is 2.04. The lowest BCUT2D eigenvalue weighted by Crippen LogP contribution is -2.10. The summed E-state index contributed by atoms with van der Waals surface area (Å²) in [6.45, 7) is 2.21. The maximum atomic E-state index is 10.6. The van der Waals surface area contributed by atoms with Crippen LogP contribution in [0.15, 0.2) is 23.4 Å². The van der Waals surface area contributed by atoms with Gasteiger partial charge in [0.05, 0.1) is 6.54 Å². The van der Waals surface area contributed by atoms with Crippen LogP contribution in [-0.2, 0) is 6.54 Å². The molecule has 0 aromatic carbocycles. The Morgan fingerprint density at radius 3 is 3.08 bits per heavy atom. The number of hydrogen-bond acceptors (Lipinski definition) is 2. The molecule has 0 atom stereocenters. The van der Waals surface area contributed by atoms with Crippen molar-refractivity contribution in [3.05, 3.63) is 29.1 Å². The van der Waals surface area contributed by atoms with Crippen molar-refractivity contribution in [2.24, 2.45) is 0 Å². The van der Waals surface area contributed by atoms with Gasteiger partial charge in [0.1, 0.15) is 5.69 Å². The molecule has 13 heavy (non-hydrogen) atoms. The number of aromatic carboxylic acids is 1. The zero-order valence-electron chi connectivity index (χ0n) is 7.07. The standard InChI is InChI=1S/C8H9ClN2O2/c1-6(4-9)5-11-7(8(12)13)2-3-10-11/h2-4H,5H2,1H3,(H,12,13)/b6-4-. The fourth-order valence-electron chi connectivity index (χ4n) is 0.911. The molecular weight excluding hydrogens is 192 g/mol. The molecule has 0 aliphatic heterocycles. The van der Waals surface area contributed by atoms with Gasteiger partial charge in [-0.25, -0.2) is 4.79 Å². The smallest absolute Gasteiger partial charge is 0.354 e. The molecule has 0 aliphatic rings. The molecule has 4 nitrogen and oxygen atoms in total. The summed E-state index contributed by atoms with van der Waals surface area (Å²) in [6, 6.07) is 1.45. The summed E-state index contributed by atoms with van der Waals surface area (Å²) >= 11 is 5.45. The topological polar surface area (TPSA) is 55.1 Å². The SMILES string of the molecule is C/C(=C/Cl)Cn1nccc1C(=O)O. The minimum atomic E-state index is -0.986. The zero-order valence-corrected chi connectivity index (χ0v) is 7.82. The quantitative estimate of drug-likeness (QED) is 0.809. The number of carboxylic acids is 1. The molecule has 0 saturated carbocycles. The summed E-state index contributed by atoms with van der Waals surface area (Å²) in [7, 11) is 0. The fourth-order valence-corrected chi connectivity index (χ4v) is 0.980. The molecule has 1 aromatic rings. The van der Waals surface area contributed by atoms with Crippen LogP contribution in [0.4, 0.5) is 0 Å². The average molecular weight is 201 g/mol. The molecule has 0 unspecified atom stereocenters. The van der Waals surface area contributed by atoms with Crippen LogP contribution < -0.4 is 0 Å². The van der Waals surface area contributed by atoms with Crippen molar-refractivity contribution in [1.29, 1.82) is 0 Å². The van der Waals surface area contributed by atoms with E-state index in [0.717, 1.165) is 5.57 Å². The van der Waals surface area contributed by atoms with E-state index in [1.807, 2.05) is 0 Å². The van der Waals surface area contributed by atoms with Gasteiger partial charge in [-0.2, -0.15) is 5.10 Å². The van der Waals surface area contributed by atoms with E-state index in [4.69, 9.17) is 16.7 Å². The lowest BCUT2D eigenvalue weighted by atomic mass is 10.3. The van der Waals surface area contributed by atoms with E-state index < -0.39 is 5.97 Å². The molecule has 0 amide bonds. The lowest BCUT2D eigenvalue weighted by molar-refractivity contribution is 0.0684. The Balaban J connectivity index is 2.89. The van der Waals surface area contributed by atoms with Gasteiger partial charge in [0.2, 0.25) is 0 Å². The molecule has 1 rings (SSSR count). The number of rotatable bonds is 3. The van der Waals surface area contributed by atoms with Crippen molar-refractivity contribution in [3.8, 4) is 0 Å². The molecule has 5 heteroatoms. The third-order valence-electron chi connectivity index (χ3n) is 1.52. The summed E-state index contributed by atoms with van der Waals surface area (Å²) < 4.78 is 1.39. The molecule has 1 N–H and O–H groups in total. The Morgan fingerprint density at radius 2 is 2.54 bits per heavy atom. The van der Waals surface area contributed by atoms with Crippen LogP contribution in [0.2, 0.25) is 0 Å². The van der Waals surface area contributed by atoms with E-state index in [-0.39, 0.29) is 5.69 Å². The number of hydrogen-bond donors (Lipinski definition) is 1. The van der Waals surface area contributed by atoms with Crippen LogP contribution in [-0.4, -0.2) is 20.9 Å². The highest BCUT2D eigenvalue weighted by Gasteiger charge is 2.09. The largest absolute Gasteiger partial charge is 0.477 e. The maximum Gasteiger partial charge on any atom is 0.354 e. The van der Waals surface area contributed by atoms with E-state index in [2.05, 4.69) is 5.10 Å². The molecule has 1 heterocycles. The van der Waals surface area contributed by atoms with Crippen molar-refractivity contribution < 1.29 is 9.90 Å². The number of carbonyl (C=O) groups is 1. The van der Waals surface area contributed by atoms with E-state index in [1.165, 1.54) is 22.5 Å². The van der Waals surface area contributed by atoms with Gasteiger partial charge < -0.3 is 5.11 Å². The maximum absolute atomic E-state index is 10.6. The first-order chi connectivity index (χ1) is 6.15. The molecule has 0 saturated heterocycles. The fraction of sp³-hybridized carbons (Fsp3) is 0.250. The summed E-state index contributed by atoms with van der Waals surface area (Å²) in [4.78, 5) is 10.6. The number of carboxylic acid groups (broad SMARTS) is 1. The van der Waals surface area contributed by atoms with Gasteiger partial charge in [-0.3, -0.25) is 4.68 Å². The Bertz CT molecular complexity index is 344. The normalized spacial score (nSPS) is 11.7. The highest BCUT2D eigenvalue weighted by molar-refractivity contribution is 6.25. The lowest BCUT2D eigenvalue weighted by Gasteiger charge is -2.02. The van der Waals surface area contributed by atoms with Crippen LogP contribution in [0.3, 0.4) is 0 Å². The van der Waals surface area contributed by atoms with Crippen molar-refractivity contribution in [1.82, 2.24) is 9.78 Å². The van der Waals surface area contributed by atoms with Crippen LogP contribution >= 0.6 is 11.6 Å². The molecule has 1 aromatic heterocycles. The predicted octanol–water partition coefficient (Wildman–Crippen LogP) is 1.72. The summed E-state index contributed by atoms with van der Waals surface area (Å²) in [5.74, 6) is -0.986. The van der Waals surface area contributed by atoms with E-state index in [0.29, 0.717) is 6.54 Å². The monoisotopic (exact) mass is 200 g/mol. The van der Waals surface area contributed by atoms with Gasteiger partial charge in [0, 0.05) is 11.7 Å². The first kappa shape index (κ1) is 9.80. The highest BCUT2D eigenvalue weighted by atomic mass is 35.5. The summed E-state index contributed by atoms with van der Waals surface area (Å²) in [5, 5.41) is 12.6. The van der Waals surface area contributed by atoms with Crippen LogP contribution in [0, 0.1) is 0 Å². The molecular formula is C8H9ClN2O2. The van der Waals surface area contributed by atoms with Crippen molar-refractivity contribution in [3.63, 3.8) is 0 Å². The number of nitrogens with zero attached hydrogens (tertiary/aromatic N) is 2. The first-order valence-electron chi connectivity index (χ1n) is 3.66. The molecule has 0 spiro atoms. The Kier molecular flexibility index (Phi) is 3.08. The Labute approximate surface area is 80.4 Å². The van der Waals surface area contributed by atoms with Crippen molar-refractivity contribution >= 4 is 17.6 Å². The van der Waals surface area contributed by atoms with Crippen LogP contribution in [0.1, 0.15) is 17.4 Å². The third kappa shape index (κ3) is 2.32. The van der Waals surface area contributed by atoms with Crippen molar-refractivity contribution in [2.45, 2.75) is 13.5 Å². The Morgan fingerprint density at radius 1 is 1.85 bits per heavy atom. The van der Waals surface area contributed by atoms with Gasteiger partial charge in [0.15, 0.2) is 0 Å². The second-order valence-corrected chi connectivity index (χ2v) is 2.85. The minimum absolute atomic E-state index is 0.165. The van der Waals surface area contributed by atoms with Crippen molar-refractivity contribution in [2.75, 3.05) is 0 Å². The van der Waals surface area contributed by atoms with E-state index in [1.54, 1.807) is 6.92 Å². The molecule has 0 bridgehead atoms. The molecule has 70 valence electrons. The van der Waals surface area contributed by atoms with Gasteiger partial charge in [0.25, 0.3) is 0 Å². The van der Waals surface area contributed by atoms with Gasteiger partial charge in [-0.15, -0.1) is 0 Å². The van der Waals surface area contributed by atoms with Crippen LogP contribution in [0.25, 0.3) is 0 Å². The molecule has 0 fully saturated rings. The van der Waals surface area contributed by atoms with Gasteiger partial charge >= 0.3 is 5.97 Å².